The Morgan fingerprint density at radius 1 is 1.50 bits per heavy atom. The molecule has 0 saturated heterocycles. The Labute approximate surface area is 106 Å². The van der Waals surface area contributed by atoms with Crippen molar-refractivity contribution in [2.24, 2.45) is 5.73 Å². The highest BCUT2D eigenvalue weighted by Crippen LogP contribution is 2.11. The first-order valence-corrected chi connectivity index (χ1v) is 6.70. The molecule has 0 aliphatic rings. The van der Waals surface area contributed by atoms with Gasteiger partial charge in [-0.3, -0.25) is 9.78 Å². The third-order valence-electron chi connectivity index (χ3n) is 2.24. The molecule has 0 aliphatic carbocycles. The number of aromatic nitrogens is 1. The number of nitrogens with zero attached hydrogens (tertiary/aromatic N) is 2. The number of amides is 1. The minimum absolute atomic E-state index is 0.000874. The van der Waals surface area contributed by atoms with Crippen LogP contribution < -0.4 is 10.5 Å². The fourth-order valence-electron chi connectivity index (χ4n) is 1.21. The zero-order valence-corrected chi connectivity index (χ0v) is 11.1. The van der Waals surface area contributed by atoms with Crippen molar-refractivity contribution in [3.63, 3.8) is 0 Å². The van der Waals surface area contributed by atoms with Crippen LogP contribution in [-0.2, 0) is 21.4 Å². The molecule has 1 heterocycles. The largest absolute Gasteiger partial charge is 0.348 e. The van der Waals surface area contributed by atoms with E-state index < -0.39 is 10.0 Å². The SMILES string of the molecule is CN(C)C(=O)CNS(=O)(=O)c1cccnc1CN. The molecular formula is C10H16N4O3S. The fourth-order valence-corrected chi connectivity index (χ4v) is 2.39. The maximum absolute atomic E-state index is 12.0. The Balaban J connectivity index is 2.90. The summed E-state index contributed by atoms with van der Waals surface area (Å²) in [7, 11) is -0.676. The van der Waals surface area contributed by atoms with Crippen molar-refractivity contribution >= 4 is 15.9 Å². The van der Waals surface area contributed by atoms with E-state index in [9.17, 15) is 13.2 Å². The number of sulfonamides is 1. The van der Waals surface area contributed by atoms with Gasteiger partial charge in [-0.25, -0.2) is 13.1 Å². The molecule has 18 heavy (non-hydrogen) atoms. The number of nitrogens with one attached hydrogen (secondary N) is 1. The van der Waals surface area contributed by atoms with Gasteiger partial charge in [0.25, 0.3) is 0 Å². The summed E-state index contributed by atoms with van der Waals surface area (Å²) in [5, 5.41) is 0. The Morgan fingerprint density at radius 2 is 2.17 bits per heavy atom. The quantitative estimate of drug-likeness (QED) is 0.708. The predicted octanol–water partition coefficient (Wildman–Crippen LogP) is -1.09. The third kappa shape index (κ3) is 3.49. The van der Waals surface area contributed by atoms with Crippen molar-refractivity contribution in [3.05, 3.63) is 24.0 Å². The van der Waals surface area contributed by atoms with Gasteiger partial charge in [0, 0.05) is 26.8 Å². The van der Waals surface area contributed by atoms with Crippen molar-refractivity contribution in [3.8, 4) is 0 Å². The molecule has 100 valence electrons. The highest BCUT2D eigenvalue weighted by molar-refractivity contribution is 7.89. The Bertz CT molecular complexity index is 528. The van der Waals surface area contributed by atoms with Gasteiger partial charge in [-0.05, 0) is 12.1 Å². The molecule has 1 aromatic heterocycles. The van der Waals surface area contributed by atoms with Crippen LogP contribution in [0.15, 0.2) is 23.2 Å². The number of carbonyl (C=O) groups excluding carboxylic acids is 1. The maximum Gasteiger partial charge on any atom is 0.242 e. The van der Waals surface area contributed by atoms with Gasteiger partial charge in [0.15, 0.2) is 0 Å². The van der Waals surface area contributed by atoms with Crippen molar-refractivity contribution < 1.29 is 13.2 Å². The fraction of sp³-hybridized carbons (Fsp3) is 0.400. The highest BCUT2D eigenvalue weighted by atomic mass is 32.2. The molecule has 0 saturated carbocycles. The first-order chi connectivity index (χ1) is 8.38. The van der Waals surface area contributed by atoms with Crippen molar-refractivity contribution in [2.45, 2.75) is 11.4 Å². The summed E-state index contributed by atoms with van der Waals surface area (Å²) in [6.07, 6.45) is 1.46. The lowest BCUT2D eigenvalue weighted by molar-refractivity contribution is -0.127. The average Bonchev–Trinajstić information content (AvgIpc) is 2.35. The van der Waals surface area contributed by atoms with E-state index in [1.807, 2.05) is 0 Å². The lowest BCUT2D eigenvalue weighted by Crippen LogP contribution is -2.36. The molecule has 0 radical (unpaired) electrons. The Morgan fingerprint density at radius 3 is 2.72 bits per heavy atom. The normalized spacial score (nSPS) is 11.3. The minimum atomic E-state index is -3.77. The van der Waals surface area contributed by atoms with Crippen LogP contribution in [0.1, 0.15) is 5.69 Å². The molecule has 0 unspecified atom stereocenters. The van der Waals surface area contributed by atoms with E-state index in [-0.39, 0.29) is 29.6 Å². The van der Waals surface area contributed by atoms with E-state index in [2.05, 4.69) is 9.71 Å². The first-order valence-electron chi connectivity index (χ1n) is 5.22. The molecule has 0 fully saturated rings. The van der Waals surface area contributed by atoms with E-state index >= 15 is 0 Å². The molecular weight excluding hydrogens is 256 g/mol. The molecule has 0 aromatic carbocycles. The van der Waals surface area contributed by atoms with Gasteiger partial charge in [0.2, 0.25) is 15.9 Å². The monoisotopic (exact) mass is 272 g/mol. The van der Waals surface area contributed by atoms with Crippen molar-refractivity contribution in [1.82, 2.24) is 14.6 Å². The second kappa shape index (κ2) is 5.89. The van der Waals surface area contributed by atoms with Gasteiger partial charge in [-0.1, -0.05) is 0 Å². The number of nitrogens with two attached hydrogens (primary N) is 1. The average molecular weight is 272 g/mol. The lowest BCUT2D eigenvalue weighted by Gasteiger charge is -2.12. The standard InChI is InChI=1S/C10H16N4O3S/c1-14(2)10(15)7-13-18(16,17)9-4-3-5-12-8(9)6-11/h3-5,13H,6-7,11H2,1-2H3. The van der Waals surface area contributed by atoms with Gasteiger partial charge >= 0.3 is 0 Å². The highest BCUT2D eigenvalue weighted by Gasteiger charge is 2.19. The van der Waals surface area contributed by atoms with Gasteiger partial charge in [-0.2, -0.15) is 0 Å². The van der Waals surface area contributed by atoms with E-state index in [4.69, 9.17) is 5.73 Å². The van der Waals surface area contributed by atoms with Gasteiger partial charge in [0.1, 0.15) is 4.90 Å². The number of rotatable bonds is 5. The molecule has 0 spiro atoms. The van der Waals surface area contributed by atoms with Crippen molar-refractivity contribution in [2.75, 3.05) is 20.6 Å². The van der Waals surface area contributed by atoms with Gasteiger partial charge < -0.3 is 10.6 Å². The maximum atomic E-state index is 12.0. The third-order valence-corrected chi connectivity index (χ3v) is 3.72. The predicted molar refractivity (Wildman–Crippen MR) is 66.0 cm³/mol. The molecule has 8 heteroatoms. The minimum Gasteiger partial charge on any atom is -0.348 e. The molecule has 1 aromatic rings. The van der Waals surface area contributed by atoms with Gasteiger partial charge in [-0.15, -0.1) is 0 Å². The number of hydrogen-bond acceptors (Lipinski definition) is 5. The summed E-state index contributed by atoms with van der Waals surface area (Å²) in [4.78, 5) is 16.5. The van der Waals surface area contributed by atoms with Crippen molar-refractivity contribution in [1.29, 1.82) is 0 Å². The van der Waals surface area contributed by atoms with E-state index in [0.29, 0.717) is 0 Å². The molecule has 0 aliphatic heterocycles. The smallest absolute Gasteiger partial charge is 0.242 e. The Hall–Kier alpha value is -1.51. The summed E-state index contributed by atoms with van der Waals surface area (Å²) >= 11 is 0. The number of carbonyl (C=O) groups is 1. The first kappa shape index (κ1) is 14.6. The van der Waals surface area contributed by atoms with E-state index in [1.165, 1.54) is 23.2 Å². The van der Waals surface area contributed by atoms with Crippen LogP contribution in [0.25, 0.3) is 0 Å². The molecule has 0 bridgehead atoms. The van der Waals surface area contributed by atoms with Crippen LogP contribution in [0, 0.1) is 0 Å². The summed E-state index contributed by atoms with van der Waals surface area (Å²) in [6, 6.07) is 2.90. The molecule has 1 amide bonds. The lowest BCUT2D eigenvalue weighted by atomic mass is 10.3. The summed E-state index contributed by atoms with van der Waals surface area (Å²) < 4.78 is 26.1. The molecule has 7 nitrogen and oxygen atoms in total. The Kier molecular flexibility index (Phi) is 4.76. The summed E-state index contributed by atoms with van der Waals surface area (Å²) in [5.41, 5.74) is 5.69. The van der Waals surface area contributed by atoms with Crippen LogP contribution in [-0.4, -0.2) is 44.8 Å². The van der Waals surface area contributed by atoms with E-state index in [1.54, 1.807) is 14.1 Å². The van der Waals surface area contributed by atoms with Crippen LogP contribution in [0.3, 0.4) is 0 Å². The topological polar surface area (TPSA) is 105 Å². The van der Waals surface area contributed by atoms with Crippen LogP contribution >= 0.6 is 0 Å². The summed E-state index contributed by atoms with van der Waals surface area (Å²) in [5.74, 6) is -0.336. The van der Waals surface area contributed by atoms with Crippen LogP contribution in [0.4, 0.5) is 0 Å². The summed E-state index contributed by atoms with van der Waals surface area (Å²) in [6.45, 7) is -0.285. The van der Waals surface area contributed by atoms with Crippen LogP contribution in [0.5, 0.6) is 0 Å². The number of hydrogen-bond donors (Lipinski definition) is 2. The second-order valence-corrected chi connectivity index (χ2v) is 5.50. The van der Waals surface area contributed by atoms with Crippen LogP contribution in [0.2, 0.25) is 0 Å². The molecule has 0 atom stereocenters. The zero-order chi connectivity index (χ0) is 13.8. The number of pyridine rings is 1. The second-order valence-electron chi connectivity index (χ2n) is 3.77. The van der Waals surface area contributed by atoms with E-state index in [0.717, 1.165) is 0 Å². The molecule has 3 N–H and O–H groups in total. The number of likely N-dealkylation sites (N-methyl/N-ethyl adjacent to an activating group) is 1. The molecule has 1 rings (SSSR count). The zero-order valence-electron chi connectivity index (χ0n) is 10.3. The van der Waals surface area contributed by atoms with Gasteiger partial charge in [0.05, 0.1) is 12.2 Å².